The second-order valence-electron chi connectivity index (χ2n) is 14.6. The predicted molar refractivity (Wildman–Crippen MR) is 223 cm³/mol. The zero-order valence-corrected chi connectivity index (χ0v) is 35.6. The molecule has 0 spiro atoms. The van der Waals surface area contributed by atoms with Gasteiger partial charge in [0.15, 0.2) is 5.96 Å². The Kier molecular flexibility index (Phi) is 21.9. The maximum Gasteiger partial charge on any atom is 0.323 e. The largest absolute Gasteiger partial charge is 0.492 e. The van der Waals surface area contributed by atoms with Gasteiger partial charge in [-0.05, 0) is 37.1 Å². The monoisotopic (exact) mass is 914 g/mol. The highest BCUT2D eigenvalue weighted by molar-refractivity contribution is 7.89. The molecule has 26 heteroatoms. The minimum absolute atomic E-state index is 0.00414. The van der Waals surface area contributed by atoms with E-state index in [0.717, 1.165) is 19.5 Å². The van der Waals surface area contributed by atoms with Gasteiger partial charge in [-0.3, -0.25) is 58.2 Å². The molecular formula is C37H58N10O15S. The van der Waals surface area contributed by atoms with Crippen molar-refractivity contribution >= 4 is 57.6 Å². The van der Waals surface area contributed by atoms with E-state index in [4.69, 9.17) is 4.74 Å². The summed E-state index contributed by atoms with van der Waals surface area (Å²) in [5.41, 5.74) is 0.163. The Morgan fingerprint density at radius 2 is 1.30 bits per heavy atom. The van der Waals surface area contributed by atoms with Crippen molar-refractivity contribution in [1.82, 2.24) is 45.6 Å². The Balaban J connectivity index is 1.50. The molecule has 0 saturated carbocycles. The fourth-order valence-electron chi connectivity index (χ4n) is 6.50. The van der Waals surface area contributed by atoms with Crippen molar-refractivity contribution in [1.29, 1.82) is 0 Å². The smallest absolute Gasteiger partial charge is 0.323 e. The number of amides is 2. The standard InChI is InChI=1S/C37H58N10O15S/c48-30(7-6-29(36(58)59)47-18-16-45(24-32(51)52)14-12-44(23-31(49)50)13-15-46(17-19-47)25-33(53)54)38-11-21-63(60,61)43-28(35(56)57)22-42-34(55)26-2-4-27(5-3-26)62-20-10-41-37-39-8-1-9-40-37/h2-5,28-29,43H,1,6-25H2,(H,38,48)(H,42,55)(H,49,50)(H,51,52)(H,53,54)(H,56,57)(H,58,59)(H2,39,40,41)/t28-,29?/m0/s1. The van der Waals surface area contributed by atoms with Crippen LogP contribution in [0.15, 0.2) is 29.3 Å². The van der Waals surface area contributed by atoms with Gasteiger partial charge < -0.3 is 51.5 Å². The number of sulfonamides is 1. The molecule has 2 atom stereocenters. The lowest BCUT2D eigenvalue weighted by Gasteiger charge is -2.35. The third-order valence-corrected chi connectivity index (χ3v) is 11.2. The van der Waals surface area contributed by atoms with E-state index in [0.29, 0.717) is 24.9 Å². The van der Waals surface area contributed by atoms with E-state index in [1.54, 1.807) is 17.0 Å². The minimum atomic E-state index is -4.33. The first-order valence-corrected chi connectivity index (χ1v) is 21.9. The second-order valence-corrected chi connectivity index (χ2v) is 16.5. The number of carboxylic acid groups (broad SMARTS) is 5. The quantitative estimate of drug-likeness (QED) is 0.0441. The van der Waals surface area contributed by atoms with Gasteiger partial charge in [-0.2, -0.15) is 4.72 Å². The normalized spacial score (nSPS) is 17.3. The number of guanidine groups is 1. The van der Waals surface area contributed by atoms with Gasteiger partial charge in [0.1, 0.15) is 24.4 Å². The summed E-state index contributed by atoms with van der Waals surface area (Å²) in [5, 5.41) is 59.1. The first-order valence-electron chi connectivity index (χ1n) is 20.2. The minimum Gasteiger partial charge on any atom is -0.492 e. The van der Waals surface area contributed by atoms with E-state index in [9.17, 15) is 67.5 Å². The summed E-state index contributed by atoms with van der Waals surface area (Å²) in [6.07, 6.45) is 0.315. The zero-order chi connectivity index (χ0) is 46.4. The lowest BCUT2D eigenvalue weighted by molar-refractivity contribution is -0.145. The van der Waals surface area contributed by atoms with Crippen LogP contribution >= 0.6 is 0 Å². The molecule has 0 bridgehead atoms. The van der Waals surface area contributed by atoms with Crippen molar-refractivity contribution in [2.75, 3.05) is 117 Å². The Morgan fingerprint density at radius 3 is 1.79 bits per heavy atom. The number of hydrogen-bond donors (Lipinski definition) is 10. The SMILES string of the molecule is O=C(O)CN1CCN(CC(=O)O)CCN(C(CCC(=O)NCCS(=O)(=O)N[C@@H](CNC(=O)c2ccc(OCCNC3=NCCCN3)cc2)C(=O)O)C(=O)O)CCN(CC(=O)O)CC1. The molecular weight excluding hydrogens is 857 g/mol. The Bertz CT molecular complexity index is 1820. The van der Waals surface area contributed by atoms with Gasteiger partial charge >= 0.3 is 29.8 Å². The van der Waals surface area contributed by atoms with Crippen molar-refractivity contribution in [2.24, 2.45) is 4.99 Å². The molecule has 2 aliphatic heterocycles. The molecule has 1 saturated heterocycles. The summed E-state index contributed by atoms with van der Waals surface area (Å²) in [6, 6.07) is 2.96. The van der Waals surface area contributed by atoms with Gasteiger partial charge in [-0.25, -0.2) is 8.42 Å². The van der Waals surface area contributed by atoms with E-state index in [1.165, 1.54) is 26.8 Å². The third kappa shape index (κ3) is 20.8. The molecule has 0 aromatic heterocycles. The summed E-state index contributed by atoms with van der Waals surface area (Å²) in [5.74, 6) is -7.29. The number of carbonyl (C=O) groups excluding carboxylic acids is 2. The average molecular weight is 915 g/mol. The number of carbonyl (C=O) groups is 7. The van der Waals surface area contributed by atoms with Crippen molar-refractivity contribution in [3.63, 3.8) is 0 Å². The van der Waals surface area contributed by atoms with Crippen LogP contribution < -0.4 is 30.7 Å². The summed E-state index contributed by atoms with van der Waals surface area (Å²) in [7, 11) is -4.33. The molecule has 1 fully saturated rings. The number of aliphatic carboxylic acids is 5. The highest BCUT2D eigenvalue weighted by Crippen LogP contribution is 2.13. The Labute approximate surface area is 363 Å². The summed E-state index contributed by atoms with van der Waals surface area (Å²) >= 11 is 0. The van der Waals surface area contributed by atoms with Crippen LogP contribution in [0, 0.1) is 0 Å². The molecule has 25 nitrogen and oxygen atoms in total. The fraction of sp³-hybridized carbons (Fsp3) is 0.622. The summed E-state index contributed by atoms with van der Waals surface area (Å²) in [6.45, 7) is 0.705. The van der Waals surface area contributed by atoms with Gasteiger partial charge in [-0.15, -0.1) is 0 Å². The average Bonchev–Trinajstić information content (AvgIpc) is 3.21. The molecule has 1 unspecified atom stereocenters. The van der Waals surface area contributed by atoms with Crippen LogP contribution in [0.2, 0.25) is 0 Å². The number of nitrogens with one attached hydrogen (secondary N) is 5. The number of ether oxygens (including phenoxy) is 1. The van der Waals surface area contributed by atoms with Crippen molar-refractivity contribution in [3.8, 4) is 5.75 Å². The van der Waals surface area contributed by atoms with E-state index in [2.05, 4.69) is 26.3 Å². The van der Waals surface area contributed by atoms with E-state index < -0.39 is 95.7 Å². The van der Waals surface area contributed by atoms with Crippen LogP contribution in [-0.4, -0.2) is 230 Å². The molecule has 1 aromatic carbocycles. The molecule has 10 N–H and O–H groups in total. The fourth-order valence-corrected chi connectivity index (χ4v) is 7.61. The highest BCUT2D eigenvalue weighted by atomic mass is 32.2. The van der Waals surface area contributed by atoms with Gasteiger partial charge in [0.2, 0.25) is 15.9 Å². The molecule has 0 aliphatic carbocycles. The number of hydrogen-bond acceptors (Lipinski definition) is 17. The van der Waals surface area contributed by atoms with E-state index >= 15 is 0 Å². The van der Waals surface area contributed by atoms with Crippen molar-refractivity contribution in [2.45, 2.75) is 31.3 Å². The summed E-state index contributed by atoms with van der Waals surface area (Å²) < 4.78 is 33.2. The zero-order valence-electron chi connectivity index (χ0n) is 34.8. The van der Waals surface area contributed by atoms with Crippen LogP contribution in [0.3, 0.4) is 0 Å². The number of rotatable bonds is 24. The van der Waals surface area contributed by atoms with E-state index in [1.807, 2.05) is 4.72 Å². The number of nitrogens with zero attached hydrogens (tertiary/aromatic N) is 5. The first-order chi connectivity index (χ1) is 29.9. The van der Waals surface area contributed by atoms with Crippen LogP contribution in [0.1, 0.15) is 29.6 Å². The molecule has 1 aromatic rings. The molecule has 2 aliphatic rings. The summed E-state index contributed by atoms with van der Waals surface area (Å²) in [4.78, 5) is 94.9. The molecule has 2 amide bonds. The Morgan fingerprint density at radius 1 is 0.746 bits per heavy atom. The van der Waals surface area contributed by atoms with Gasteiger partial charge in [-0.1, -0.05) is 0 Å². The molecule has 352 valence electrons. The highest BCUT2D eigenvalue weighted by Gasteiger charge is 2.29. The van der Waals surface area contributed by atoms with Gasteiger partial charge in [0, 0.05) is 90.5 Å². The maximum atomic E-state index is 12.8. The first kappa shape index (κ1) is 51.7. The lowest BCUT2D eigenvalue weighted by Crippen LogP contribution is -2.52. The topological polar surface area (TPSA) is 349 Å². The molecule has 0 radical (unpaired) electrons. The molecule has 63 heavy (non-hydrogen) atoms. The Hall–Kier alpha value is -5.67. The number of carboxylic acids is 5. The number of aliphatic imine (C=N–C) groups is 1. The van der Waals surface area contributed by atoms with Crippen LogP contribution in [0.25, 0.3) is 0 Å². The van der Waals surface area contributed by atoms with Crippen molar-refractivity contribution in [3.05, 3.63) is 29.8 Å². The van der Waals surface area contributed by atoms with Crippen molar-refractivity contribution < 1.29 is 72.2 Å². The van der Waals surface area contributed by atoms with Gasteiger partial charge in [0.25, 0.3) is 5.91 Å². The molecule has 2 heterocycles. The van der Waals surface area contributed by atoms with Crippen LogP contribution in [-0.2, 0) is 38.8 Å². The van der Waals surface area contributed by atoms with Crippen LogP contribution in [0.5, 0.6) is 5.75 Å². The van der Waals surface area contributed by atoms with Crippen LogP contribution in [0.4, 0.5) is 0 Å². The molecule has 3 rings (SSSR count). The number of benzene rings is 1. The third-order valence-electron chi connectivity index (χ3n) is 9.78. The van der Waals surface area contributed by atoms with Gasteiger partial charge in [0.05, 0.1) is 31.9 Å². The maximum absolute atomic E-state index is 12.8. The lowest BCUT2D eigenvalue weighted by atomic mass is 10.1. The van der Waals surface area contributed by atoms with E-state index in [-0.39, 0.29) is 77.3 Å². The second kappa shape index (κ2) is 26.7. The predicted octanol–water partition coefficient (Wildman–Crippen LogP) is -4.07.